The summed E-state index contributed by atoms with van der Waals surface area (Å²) in [7, 11) is 0. The number of fused-ring (bicyclic) bond motifs is 1. The fourth-order valence-electron chi connectivity index (χ4n) is 2.14. The molecule has 18 heavy (non-hydrogen) atoms. The van der Waals surface area contributed by atoms with Crippen molar-refractivity contribution in [3.05, 3.63) is 53.0 Å². The van der Waals surface area contributed by atoms with Crippen molar-refractivity contribution in [1.29, 1.82) is 0 Å². The van der Waals surface area contributed by atoms with E-state index in [1.165, 1.54) is 16.3 Å². The number of nitrogens with two attached hydrogens (primary N) is 1. The molecule has 0 aliphatic carbocycles. The molecule has 1 aromatic heterocycles. The Kier molecular flexibility index (Phi) is 2.86. The van der Waals surface area contributed by atoms with E-state index in [0.717, 1.165) is 15.6 Å². The van der Waals surface area contributed by atoms with Crippen molar-refractivity contribution in [2.45, 2.75) is 13.5 Å². The first kappa shape index (κ1) is 11.4. The largest absolute Gasteiger partial charge is 0.326 e. The van der Waals surface area contributed by atoms with Gasteiger partial charge >= 0.3 is 0 Å². The summed E-state index contributed by atoms with van der Waals surface area (Å²) >= 11 is 1.69. The molecule has 0 unspecified atom stereocenters. The van der Waals surface area contributed by atoms with Gasteiger partial charge < -0.3 is 5.73 Å². The van der Waals surface area contributed by atoms with Crippen LogP contribution in [0.4, 0.5) is 0 Å². The zero-order chi connectivity index (χ0) is 12.5. The molecule has 0 aliphatic rings. The molecule has 0 amide bonds. The van der Waals surface area contributed by atoms with E-state index in [-0.39, 0.29) is 0 Å². The van der Waals surface area contributed by atoms with Crippen LogP contribution in [0.25, 0.3) is 21.3 Å². The molecule has 2 N–H and O–H groups in total. The van der Waals surface area contributed by atoms with Crippen molar-refractivity contribution >= 4 is 22.1 Å². The molecule has 0 bridgehead atoms. The standard InChI is InChI=1S/C15H14N2S/c1-10-14(9-16)18-15(17-10)13-8-4-6-11-5-2-3-7-12(11)13/h2-8H,9,16H2,1H3. The lowest BCUT2D eigenvalue weighted by atomic mass is 10.1. The highest BCUT2D eigenvalue weighted by molar-refractivity contribution is 7.15. The molecule has 0 fully saturated rings. The third-order valence-corrected chi connectivity index (χ3v) is 4.31. The molecule has 3 aromatic rings. The summed E-state index contributed by atoms with van der Waals surface area (Å²) in [6.45, 7) is 2.58. The first-order chi connectivity index (χ1) is 8.79. The predicted molar refractivity (Wildman–Crippen MR) is 77.7 cm³/mol. The summed E-state index contributed by atoms with van der Waals surface area (Å²) in [6.07, 6.45) is 0. The average molecular weight is 254 g/mol. The highest BCUT2D eigenvalue weighted by atomic mass is 32.1. The first-order valence-corrected chi connectivity index (χ1v) is 6.76. The predicted octanol–water partition coefficient (Wildman–Crippen LogP) is 3.73. The van der Waals surface area contributed by atoms with Crippen LogP contribution >= 0.6 is 11.3 Å². The van der Waals surface area contributed by atoms with Crippen LogP contribution in [0.1, 0.15) is 10.6 Å². The van der Waals surface area contributed by atoms with Gasteiger partial charge in [0.05, 0.1) is 5.69 Å². The number of rotatable bonds is 2. The Bertz CT molecular complexity index is 695. The van der Waals surface area contributed by atoms with Crippen LogP contribution in [-0.4, -0.2) is 4.98 Å². The second kappa shape index (κ2) is 4.52. The number of nitrogens with zero attached hydrogens (tertiary/aromatic N) is 1. The third kappa shape index (κ3) is 1.82. The first-order valence-electron chi connectivity index (χ1n) is 5.94. The van der Waals surface area contributed by atoms with Gasteiger partial charge in [0.1, 0.15) is 5.01 Å². The highest BCUT2D eigenvalue weighted by Crippen LogP contribution is 2.32. The topological polar surface area (TPSA) is 38.9 Å². The fraction of sp³-hybridized carbons (Fsp3) is 0.133. The number of hydrogen-bond acceptors (Lipinski definition) is 3. The summed E-state index contributed by atoms with van der Waals surface area (Å²) in [6, 6.07) is 14.7. The minimum absolute atomic E-state index is 0.564. The molecule has 1 heterocycles. The Morgan fingerprint density at radius 3 is 2.67 bits per heavy atom. The fourth-order valence-corrected chi connectivity index (χ4v) is 3.13. The average Bonchev–Trinajstić information content (AvgIpc) is 2.79. The lowest BCUT2D eigenvalue weighted by molar-refractivity contribution is 1.06. The van der Waals surface area contributed by atoms with Crippen LogP contribution in [0.15, 0.2) is 42.5 Å². The van der Waals surface area contributed by atoms with Gasteiger partial charge in [-0.1, -0.05) is 42.5 Å². The van der Waals surface area contributed by atoms with Crippen LogP contribution in [0.3, 0.4) is 0 Å². The summed E-state index contributed by atoms with van der Waals surface area (Å²) in [4.78, 5) is 5.81. The van der Waals surface area contributed by atoms with Gasteiger partial charge in [0.2, 0.25) is 0 Å². The van der Waals surface area contributed by atoms with E-state index < -0.39 is 0 Å². The van der Waals surface area contributed by atoms with Gasteiger partial charge in [-0.15, -0.1) is 11.3 Å². The maximum atomic E-state index is 5.73. The minimum atomic E-state index is 0.564. The number of thiazole rings is 1. The quantitative estimate of drug-likeness (QED) is 0.756. The SMILES string of the molecule is Cc1nc(-c2cccc3ccccc23)sc1CN. The zero-order valence-electron chi connectivity index (χ0n) is 10.2. The second-order valence-corrected chi connectivity index (χ2v) is 5.34. The van der Waals surface area contributed by atoms with E-state index in [1.807, 2.05) is 6.92 Å². The Labute approximate surface area is 110 Å². The van der Waals surface area contributed by atoms with Crippen LogP contribution in [0.5, 0.6) is 0 Å². The molecule has 0 saturated heterocycles. The number of aryl methyl sites for hydroxylation is 1. The van der Waals surface area contributed by atoms with E-state index in [1.54, 1.807) is 11.3 Å². The summed E-state index contributed by atoms with van der Waals surface area (Å²) < 4.78 is 0. The van der Waals surface area contributed by atoms with Gasteiger partial charge in [-0.25, -0.2) is 4.98 Å². The van der Waals surface area contributed by atoms with Crippen LogP contribution in [0, 0.1) is 6.92 Å². The number of benzene rings is 2. The molecule has 3 heteroatoms. The van der Waals surface area contributed by atoms with Gasteiger partial charge in [-0.3, -0.25) is 0 Å². The van der Waals surface area contributed by atoms with Gasteiger partial charge in [0.15, 0.2) is 0 Å². The molecule has 0 atom stereocenters. The summed E-state index contributed by atoms with van der Waals surface area (Å²) in [5.74, 6) is 0. The molecule has 0 aliphatic heterocycles. The smallest absolute Gasteiger partial charge is 0.124 e. The summed E-state index contributed by atoms with van der Waals surface area (Å²) in [5, 5.41) is 3.55. The van der Waals surface area contributed by atoms with E-state index >= 15 is 0 Å². The van der Waals surface area contributed by atoms with E-state index in [4.69, 9.17) is 5.73 Å². The van der Waals surface area contributed by atoms with Gasteiger partial charge in [-0.05, 0) is 17.7 Å². The normalized spacial score (nSPS) is 11.0. The maximum absolute atomic E-state index is 5.73. The Morgan fingerprint density at radius 1 is 1.11 bits per heavy atom. The highest BCUT2D eigenvalue weighted by Gasteiger charge is 2.10. The molecule has 3 rings (SSSR count). The van der Waals surface area contributed by atoms with Crippen molar-refractivity contribution in [1.82, 2.24) is 4.98 Å². The van der Waals surface area contributed by atoms with Crippen LogP contribution in [0.2, 0.25) is 0 Å². The molecular weight excluding hydrogens is 240 g/mol. The minimum Gasteiger partial charge on any atom is -0.326 e. The van der Waals surface area contributed by atoms with Gasteiger partial charge in [0.25, 0.3) is 0 Å². The number of aromatic nitrogens is 1. The van der Waals surface area contributed by atoms with Crippen molar-refractivity contribution in [3.8, 4) is 10.6 Å². The second-order valence-electron chi connectivity index (χ2n) is 4.26. The van der Waals surface area contributed by atoms with Gasteiger partial charge in [-0.2, -0.15) is 0 Å². The van der Waals surface area contributed by atoms with Crippen molar-refractivity contribution in [2.24, 2.45) is 5.73 Å². The Balaban J connectivity index is 2.24. The van der Waals surface area contributed by atoms with Crippen LogP contribution < -0.4 is 5.73 Å². The van der Waals surface area contributed by atoms with E-state index in [2.05, 4.69) is 47.4 Å². The zero-order valence-corrected chi connectivity index (χ0v) is 11.0. The van der Waals surface area contributed by atoms with Crippen LogP contribution in [-0.2, 0) is 6.54 Å². The van der Waals surface area contributed by atoms with Crippen molar-refractivity contribution < 1.29 is 0 Å². The molecule has 90 valence electrons. The van der Waals surface area contributed by atoms with Crippen molar-refractivity contribution in [2.75, 3.05) is 0 Å². The van der Waals surface area contributed by atoms with E-state index in [9.17, 15) is 0 Å². The maximum Gasteiger partial charge on any atom is 0.124 e. The van der Waals surface area contributed by atoms with E-state index in [0.29, 0.717) is 6.54 Å². The molecule has 2 aromatic carbocycles. The summed E-state index contributed by atoms with van der Waals surface area (Å²) in [5.41, 5.74) is 7.97. The lowest BCUT2D eigenvalue weighted by Crippen LogP contribution is -1.94. The Hall–Kier alpha value is -1.71. The van der Waals surface area contributed by atoms with Gasteiger partial charge in [0, 0.05) is 17.0 Å². The van der Waals surface area contributed by atoms with Crippen molar-refractivity contribution in [3.63, 3.8) is 0 Å². The molecule has 2 nitrogen and oxygen atoms in total. The molecule has 0 radical (unpaired) electrons. The monoisotopic (exact) mass is 254 g/mol. The third-order valence-electron chi connectivity index (χ3n) is 3.10. The molecular formula is C15H14N2S. The Morgan fingerprint density at radius 2 is 1.89 bits per heavy atom. The molecule has 0 spiro atoms. The number of hydrogen-bond donors (Lipinski definition) is 1. The lowest BCUT2D eigenvalue weighted by Gasteiger charge is -2.02. The molecule has 0 saturated carbocycles.